The predicted molar refractivity (Wildman–Crippen MR) is 97.4 cm³/mol. The van der Waals surface area contributed by atoms with E-state index in [1.54, 1.807) is 11.0 Å². The molecule has 0 spiro atoms. The molecule has 0 saturated carbocycles. The minimum Gasteiger partial charge on any atom is -0.376 e. The van der Waals surface area contributed by atoms with Gasteiger partial charge in [-0.3, -0.25) is 4.79 Å². The first-order chi connectivity index (χ1) is 12.1. The fraction of sp³-hybridized carbons (Fsp3) is 0.688. The lowest BCUT2D eigenvalue weighted by Gasteiger charge is -2.29. The van der Waals surface area contributed by atoms with E-state index in [-0.39, 0.29) is 24.3 Å². The quantitative estimate of drug-likeness (QED) is 0.741. The third-order valence-corrected chi connectivity index (χ3v) is 7.26. The highest BCUT2D eigenvalue weighted by atomic mass is 32.2. The smallest absolute Gasteiger partial charge is 0.264 e. The maximum atomic E-state index is 12.7. The number of rotatable bonds is 7. The maximum Gasteiger partial charge on any atom is 0.264 e. The van der Waals surface area contributed by atoms with Crippen molar-refractivity contribution in [2.45, 2.75) is 18.9 Å². The van der Waals surface area contributed by atoms with Crippen molar-refractivity contribution < 1.29 is 17.9 Å². The second kappa shape index (κ2) is 8.59. The number of amides is 1. The molecule has 140 valence electrons. The van der Waals surface area contributed by atoms with Crippen LogP contribution in [0.3, 0.4) is 0 Å². The van der Waals surface area contributed by atoms with Gasteiger partial charge in [-0.1, -0.05) is 6.07 Å². The van der Waals surface area contributed by atoms with Gasteiger partial charge < -0.3 is 15.0 Å². The summed E-state index contributed by atoms with van der Waals surface area (Å²) < 4.78 is 32.3. The van der Waals surface area contributed by atoms with E-state index in [1.807, 2.05) is 11.4 Å². The Balaban J connectivity index is 1.65. The maximum absolute atomic E-state index is 12.7. The average molecular weight is 388 g/mol. The summed E-state index contributed by atoms with van der Waals surface area (Å²) >= 11 is 1.38. The first-order valence-corrected chi connectivity index (χ1v) is 11.2. The number of nitrogens with zero attached hydrogens (tertiary/aromatic N) is 2. The second-order valence-electron chi connectivity index (χ2n) is 6.33. The van der Waals surface area contributed by atoms with Gasteiger partial charge in [0.05, 0.1) is 16.7 Å². The number of sulfonamides is 1. The van der Waals surface area contributed by atoms with Crippen LogP contribution >= 0.6 is 11.3 Å². The molecule has 7 nitrogen and oxygen atoms in total. The SMILES string of the molecule is O=C(c1cccs1)N(CCS(=O)(=O)N1CCNCC1)C[C@H]1CCCO1. The molecule has 1 atom stereocenters. The van der Waals surface area contributed by atoms with Gasteiger partial charge in [-0.05, 0) is 24.3 Å². The summed E-state index contributed by atoms with van der Waals surface area (Å²) in [6, 6.07) is 3.61. The van der Waals surface area contributed by atoms with Gasteiger partial charge in [0.2, 0.25) is 10.0 Å². The van der Waals surface area contributed by atoms with E-state index in [9.17, 15) is 13.2 Å². The normalized spacial score (nSPS) is 22.2. The molecule has 1 aromatic rings. The van der Waals surface area contributed by atoms with Crippen LogP contribution in [0.1, 0.15) is 22.5 Å². The first kappa shape index (κ1) is 18.8. The van der Waals surface area contributed by atoms with Crippen molar-refractivity contribution in [3.8, 4) is 0 Å². The van der Waals surface area contributed by atoms with E-state index in [1.165, 1.54) is 15.6 Å². The number of carbonyl (C=O) groups is 1. The molecule has 0 aliphatic carbocycles. The average Bonchev–Trinajstić information content (AvgIpc) is 3.32. The molecule has 3 rings (SSSR count). The molecule has 3 heterocycles. The van der Waals surface area contributed by atoms with Crippen molar-refractivity contribution in [1.82, 2.24) is 14.5 Å². The standard InChI is InChI=1S/C16H25N3O4S2/c20-16(15-4-2-11-24-15)18(13-14-3-1-10-23-14)9-12-25(21,22)19-7-5-17-6-8-19/h2,4,11,14,17H,1,3,5-10,12-13H2/t14-/m1/s1. The molecular formula is C16H25N3O4S2. The summed E-state index contributed by atoms with van der Waals surface area (Å²) in [5, 5.41) is 5.01. The summed E-state index contributed by atoms with van der Waals surface area (Å²) in [6.07, 6.45) is 1.91. The summed E-state index contributed by atoms with van der Waals surface area (Å²) in [4.78, 5) is 15.0. The number of hydrogen-bond acceptors (Lipinski definition) is 6. The lowest BCUT2D eigenvalue weighted by Crippen LogP contribution is -2.49. The summed E-state index contributed by atoms with van der Waals surface area (Å²) in [5.41, 5.74) is 0. The topological polar surface area (TPSA) is 79.0 Å². The van der Waals surface area contributed by atoms with Crippen LogP contribution in [0.4, 0.5) is 0 Å². The fourth-order valence-corrected chi connectivity index (χ4v) is 5.28. The lowest BCUT2D eigenvalue weighted by molar-refractivity contribution is 0.0544. The molecule has 2 aliphatic rings. The molecule has 1 aromatic heterocycles. The molecule has 1 N–H and O–H groups in total. The first-order valence-electron chi connectivity index (χ1n) is 8.69. The third kappa shape index (κ3) is 5.01. The third-order valence-electron chi connectivity index (χ3n) is 4.56. The van der Waals surface area contributed by atoms with Crippen molar-refractivity contribution in [2.24, 2.45) is 0 Å². The monoisotopic (exact) mass is 387 g/mol. The van der Waals surface area contributed by atoms with E-state index in [0.29, 0.717) is 44.2 Å². The minimum atomic E-state index is -3.35. The molecule has 2 saturated heterocycles. The number of piperazine rings is 1. The Morgan fingerprint density at radius 2 is 2.20 bits per heavy atom. The van der Waals surface area contributed by atoms with Crippen LogP contribution in [0, 0.1) is 0 Å². The van der Waals surface area contributed by atoms with Gasteiger partial charge in [-0.25, -0.2) is 8.42 Å². The lowest BCUT2D eigenvalue weighted by atomic mass is 10.2. The molecule has 2 fully saturated rings. The van der Waals surface area contributed by atoms with Gasteiger partial charge in [-0.15, -0.1) is 11.3 Å². The molecule has 0 unspecified atom stereocenters. The van der Waals surface area contributed by atoms with E-state index in [4.69, 9.17) is 4.74 Å². The van der Waals surface area contributed by atoms with Crippen molar-refractivity contribution >= 4 is 27.3 Å². The van der Waals surface area contributed by atoms with Crippen LogP contribution in [-0.2, 0) is 14.8 Å². The molecule has 1 amide bonds. The van der Waals surface area contributed by atoms with Crippen LogP contribution in [0.15, 0.2) is 17.5 Å². The summed E-state index contributed by atoms with van der Waals surface area (Å²) in [6.45, 7) is 3.70. The van der Waals surface area contributed by atoms with Gasteiger partial charge in [0.1, 0.15) is 0 Å². The number of ether oxygens (including phenoxy) is 1. The molecule has 2 aliphatic heterocycles. The van der Waals surface area contributed by atoms with Crippen LogP contribution in [0.2, 0.25) is 0 Å². The predicted octanol–water partition coefficient (Wildman–Crippen LogP) is 0.604. The van der Waals surface area contributed by atoms with Gasteiger partial charge in [0.25, 0.3) is 5.91 Å². The number of nitrogens with one attached hydrogen (secondary N) is 1. The number of hydrogen-bond donors (Lipinski definition) is 1. The summed E-state index contributed by atoms with van der Waals surface area (Å²) in [7, 11) is -3.35. The Kier molecular flexibility index (Phi) is 6.45. The van der Waals surface area contributed by atoms with Crippen molar-refractivity contribution in [3.05, 3.63) is 22.4 Å². The van der Waals surface area contributed by atoms with Gasteiger partial charge in [0.15, 0.2) is 0 Å². The number of thiophene rings is 1. The van der Waals surface area contributed by atoms with E-state index >= 15 is 0 Å². The van der Waals surface area contributed by atoms with Crippen LogP contribution in [0.25, 0.3) is 0 Å². The van der Waals surface area contributed by atoms with E-state index in [0.717, 1.165) is 12.8 Å². The fourth-order valence-electron chi connectivity index (χ4n) is 3.14. The zero-order valence-electron chi connectivity index (χ0n) is 14.2. The van der Waals surface area contributed by atoms with Crippen molar-refractivity contribution in [3.63, 3.8) is 0 Å². The molecular weight excluding hydrogens is 362 g/mol. The molecule has 9 heteroatoms. The largest absolute Gasteiger partial charge is 0.376 e. The van der Waals surface area contributed by atoms with Gasteiger partial charge in [0, 0.05) is 45.9 Å². The Bertz CT molecular complexity index is 651. The highest BCUT2D eigenvalue weighted by Gasteiger charge is 2.28. The summed E-state index contributed by atoms with van der Waals surface area (Å²) in [5.74, 6) is -0.155. The second-order valence-corrected chi connectivity index (χ2v) is 9.36. The zero-order valence-corrected chi connectivity index (χ0v) is 15.9. The van der Waals surface area contributed by atoms with Crippen molar-refractivity contribution in [2.75, 3.05) is 51.6 Å². The Morgan fingerprint density at radius 1 is 1.40 bits per heavy atom. The van der Waals surface area contributed by atoms with Crippen LogP contribution in [0.5, 0.6) is 0 Å². The Hall–Kier alpha value is -1.00. The highest BCUT2D eigenvalue weighted by Crippen LogP contribution is 2.17. The van der Waals surface area contributed by atoms with E-state index < -0.39 is 10.0 Å². The van der Waals surface area contributed by atoms with E-state index in [2.05, 4.69) is 5.32 Å². The zero-order chi connectivity index (χ0) is 17.7. The molecule has 25 heavy (non-hydrogen) atoms. The molecule has 0 aromatic carbocycles. The molecule has 0 radical (unpaired) electrons. The Morgan fingerprint density at radius 3 is 2.84 bits per heavy atom. The van der Waals surface area contributed by atoms with Crippen LogP contribution in [-0.4, -0.2) is 81.3 Å². The van der Waals surface area contributed by atoms with Crippen molar-refractivity contribution in [1.29, 1.82) is 0 Å². The highest BCUT2D eigenvalue weighted by molar-refractivity contribution is 7.89. The number of carbonyl (C=O) groups excluding carboxylic acids is 1. The van der Waals surface area contributed by atoms with Crippen LogP contribution < -0.4 is 5.32 Å². The Labute approximate surface area is 153 Å². The van der Waals surface area contributed by atoms with Gasteiger partial charge >= 0.3 is 0 Å². The molecule has 0 bridgehead atoms. The van der Waals surface area contributed by atoms with Gasteiger partial charge in [-0.2, -0.15) is 4.31 Å². The minimum absolute atomic E-state index is 0.00537.